The van der Waals surface area contributed by atoms with E-state index in [-0.39, 0.29) is 27.1 Å². The summed E-state index contributed by atoms with van der Waals surface area (Å²) in [4.78, 5) is 13.2. The SMILES string of the molecule is CN(C)C(=O)c1ccc(NS(=O)(=O)c2ccc(F)cc2)cc1Cl. The number of halogens is 2. The lowest BCUT2D eigenvalue weighted by Crippen LogP contribution is -2.22. The van der Waals surface area contributed by atoms with E-state index < -0.39 is 15.8 Å². The van der Waals surface area contributed by atoms with E-state index in [4.69, 9.17) is 11.6 Å². The van der Waals surface area contributed by atoms with E-state index in [1.54, 1.807) is 14.1 Å². The van der Waals surface area contributed by atoms with Gasteiger partial charge in [0.2, 0.25) is 0 Å². The number of sulfonamides is 1. The second kappa shape index (κ2) is 6.55. The van der Waals surface area contributed by atoms with Crippen LogP contribution in [0, 0.1) is 5.82 Å². The van der Waals surface area contributed by atoms with Gasteiger partial charge in [0.1, 0.15) is 5.82 Å². The molecule has 5 nitrogen and oxygen atoms in total. The van der Waals surface area contributed by atoms with Gasteiger partial charge in [0.15, 0.2) is 0 Å². The third-order valence-electron chi connectivity index (χ3n) is 2.98. The van der Waals surface area contributed by atoms with E-state index >= 15 is 0 Å². The van der Waals surface area contributed by atoms with Gasteiger partial charge in [-0.1, -0.05) is 11.6 Å². The van der Waals surface area contributed by atoms with Crippen molar-refractivity contribution in [3.8, 4) is 0 Å². The van der Waals surface area contributed by atoms with Crippen LogP contribution in [-0.4, -0.2) is 33.3 Å². The molecular weight excluding hydrogens is 343 g/mol. The molecule has 0 fully saturated rings. The van der Waals surface area contributed by atoms with Crippen LogP contribution in [0.1, 0.15) is 10.4 Å². The highest BCUT2D eigenvalue weighted by Gasteiger charge is 2.17. The zero-order chi connectivity index (χ0) is 17.2. The predicted molar refractivity (Wildman–Crippen MR) is 86.7 cm³/mol. The summed E-state index contributed by atoms with van der Waals surface area (Å²) in [6.07, 6.45) is 0. The Morgan fingerprint density at radius 2 is 1.74 bits per heavy atom. The number of amides is 1. The molecule has 0 spiro atoms. The molecule has 0 aliphatic heterocycles. The van der Waals surface area contributed by atoms with Crippen LogP contribution in [0.5, 0.6) is 0 Å². The molecule has 1 amide bonds. The molecule has 8 heteroatoms. The first-order valence-corrected chi connectivity index (χ1v) is 8.36. The fraction of sp³-hybridized carbons (Fsp3) is 0.133. The van der Waals surface area contributed by atoms with Crippen molar-refractivity contribution >= 4 is 33.2 Å². The summed E-state index contributed by atoms with van der Waals surface area (Å²) >= 11 is 6.03. The molecule has 0 heterocycles. The minimum Gasteiger partial charge on any atom is -0.345 e. The Labute approximate surface area is 138 Å². The summed E-state index contributed by atoms with van der Waals surface area (Å²) in [5, 5.41) is 0.128. The maximum Gasteiger partial charge on any atom is 0.261 e. The van der Waals surface area contributed by atoms with Crippen molar-refractivity contribution in [3.05, 3.63) is 58.9 Å². The van der Waals surface area contributed by atoms with Crippen molar-refractivity contribution in [1.82, 2.24) is 4.90 Å². The standard InChI is InChI=1S/C15H14ClFN2O3S/c1-19(2)15(20)13-8-5-11(9-14(13)16)18-23(21,22)12-6-3-10(17)4-7-12/h3-9,18H,1-2H3. The van der Waals surface area contributed by atoms with Crippen molar-refractivity contribution in [3.63, 3.8) is 0 Å². The van der Waals surface area contributed by atoms with Crippen LogP contribution in [0.4, 0.5) is 10.1 Å². The quantitative estimate of drug-likeness (QED) is 0.915. The maximum atomic E-state index is 12.9. The van der Waals surface area contributed by atoms with E-state index in [1.807, 2.05) is 0 Å². The maximum absolute atomic E-state index is 12.9. The number of carbonyl (C=O) groups excluding carboxylic acids is 1. The highest BCUT2D eigenvalue weighted by molar-refractivity contribution is 7.92. The molecule has 0 aromatic heterocycles. The Morgan fingerprint density at radius 1 is 1.13 bits per heavy atom. The molecule has 23 heavy (non-hydrogen) atoms. The number of hydrogen-bond donors (Lipinski definition) is 1. The first-order valence-electron chi connectivity index (χ1n) is 6.50. The molecular formula is C15H14ClFN2O3S. The van der Waals surface area contributed by atoms with Crippen LogP contribution in [0.3, 0.4) is 0 Å². The fourth-order valence-electron chi connectivity index (χ4n) is 1.82. The van der Waals surface area contributed by atoms with E-state index in [9.17, 15) is 17.6 Å². The largest absolute Gasteiger partial charge is 0.345 e. The van der Waals surface area contributed by atoms with E-state index in [0.29, 0.717) is 0 Å². The molecule has 0 aliphatic rings. The van der Waals surface area contributed by atoms with Crippen molar-refractivity contribution < 1.29 is 17.6 Å². The smallest absolute Gasteiger partial charge is 0.261 e. The number of nitrogens with zero attached hydrogens (tertiary/aromatic N) is 1. The van der Waals surface area contributed by atoms with Gasteiger partial charge >= 0.3 is 0 Å². The van der Waals surface area contributed by atoms with Gasteiger partial charge in [0.05, 0.1) is 21.2 Å². The molecule has 0 unspecified atom stereocenters. The van der Waals surface area contributed by atoms with Gasteiger partial charge in [-0.25, -0.2) is 12.8 Å². The van der Waals surface area contributed by atoms with Crippen LogP contribution < -0.4 is 4.72 Å². The van der Waals surface area contributed by atoms with Crippen LogP contribution in [0.25, 0.3) is 0 Å². The monoisotopic (exact) mass is 356 g/mol. The minimum atomic E-state index is -3.87. The van der Waals surface area contributed by atoms with Gasteiger partial charge in [-0.15, -0.1) is 0 Å². The number of benzene rings is 2. The highest BCUT2D eigenvalue weighted by Crippen LogP contribution is 2.24. The summed E-state index contributed by atoms with van der Waals surface area (Å²) in [6.45, 7) is 0. The first-order chi connectivity index (χ1) is 10.7. The Kier molecular flexibility index (Phi) is 4.91. The average Bonchev–Trinajstić information content (AvgIpc) is 2.46. The molecule has 2 aromatic rings. The fourth-order valence-corrected chi connectivity index (χ4v) is 3.13. The van der Waals surface area contributed by atoms with E-state index in [1.165, 1.54) is 23.1 Å². The van der Waals surface area contributed by atoms with Gasteiger partial charge in [0.25, 0.3) is 15.9 Å². The summed E-state index contributed by atoms with van der Waals surface area (Å²) in [6, 6.07) is 8.64. The first kappa shape index (κ1) is 17.2. The van der Waals surface area contributed by atoms with Gasteiger partial charge in [0, 0.05) is 14.1 Å². The molecule has 1 N–H and O–H groups in total. The number of rotatable bonds is 4. The number of nitrogens with one attached hydrogen (secondary N) is 1. The van der Waals surface area contributed by atoms with Crippen LogP contribution in [0.2, 0.25) is 5.02 Å². The van der Waals surface area contributed by atoms with Crippen molar-refractivity contribution in [1.29, 1.82) is 0 Å². The number of anilines is 1. The van der Waals surface area contributed by atoms with E-state index in [0.717, 1.165) is 24.3 Å². The van der Waals surface area contributed by atoms with E-state index in [2.05, 4.69) is 4.72 Å². The second-order valence-electron chi connectivity index (χ2n) is 4.95. The number of hydrogen-bond acceptors (Lipinski definition) is 3. The molecule has 0 atom stereocenters. The molecule has 0 bridgehead atoms. The van der Waals surface area contributed by atoms with Gasteiger partial charge in [-0.05, 0) is 42.5 Å². The lowest BCUT2D eigenvalue weighted by atomic mass is 10.2. The van der Waals surface area contributed by atoms with Gasteiger partial charge in [-0.2, -0.15) is 0 Å². The predicted octanol–water partition coefficient (Wildman–Crippen LogP) is 2.98. The molecule has 2 rings (SSSR count). The van der Waals surface area contributed by atoms with Crippen molar-refractivity contribution in [2.75, 3.05) is 18.8 Å². The summed E-state index contributed by atoms with van der Waals surface area (Å²) in [5.41, 5.74) is 0.469. The zero-order valence-electron chi connectivity index (χ0n) is 12.4. The number of carbonyl (C=O) groups is 1. The molecule has 122 valence electrons. The molecule has 0 radical (unpaired) electrons. The van der Waals surface area contributed by atoms with Crippen LogP contribution in [0.15, 0.2) is 47.4 Å². The third-order valence-corrected chi connectivity index (χ3v) is 4.69. The van der Waals surface area contributed by atoms with Crippen LogP contribution in [-0.2, 0) is 10.0 Å². The molecule has 2 aromatic carbocycles. The van der Waals surface area contributed by atoms with Crippen molar-refractivity contribution in [2.45, 2.75) is 4.90 Å². The zero-order valence-corrected chi connectivity index (χ0v) is 14.0. The Morgan fingerprint density at radius 3 is 2.26 bits per heavy atom. The second-order valence-corrected chi connectivity index (χ2v) is 7.04. The Hall–Kier alpha value is -2.12. The summed E-state index contributed by atoms with van der Waals surface area (Å²) < 4.78 is 39.6. The lowest BCUT2D eigenvalue weighted by Gasteiger charge is -2.13. The molecule has 0 saturated heterocycles. The topological polar surface area (TPSA) is 66.5 Å². The summed E-state index contributed by atoms with van der Waals surface area (Å²) in [5.74, 6) is -0.818. The molecule has 0 aliphatic carbocycles. The Balaban J connectivity index is 2.28. The summed E-state index contributed by atoms with van der Waals surface area (Å²) in [7, 11) is -0.693. The third kappa shape index (κ3) is 4.00. The Bertz CT molecular complexity index is 836. The van der Waals surface area contributed by atoms with Gasteiger partial charge in [-0.3, -0.25) is 9.52 Å². The highest BCUT2D eigenvalue weighted by atomic mass is 35.5. The average molecular weight is 357 g/mol. The van der Waals surface area contributed by atoms with Gasteiger partial charge < -0.3 is 4.90 Å². The normalized spacial score (nSPS) is 11.1. The van der Waals surface area contributed by atoms with Crippen molar-refractivity contribution in [2.24, 2.45) is 0 Å². The lowest BCUT2D eigenvalue weighted by molar-refractivity contribution is 0.0828. The minimum absolute atomic E-state index is 0.0801. The molecule has 0 saturated carbocycles. The van der Waals surface area contributed by atoms with Crippen LogP contribution >= 0.6 is 11.6 Å².